The van der Waals surface area contributed by atoms with Gasteiger partial charge in [-0.15, -0.1) is 0 Å². The van der Waals surface area contributed by atoms with Gasteiger partial charge in [0.25, 0.3) is 0 Å². The summed E-state index contributed by atoms with van der Waals surface area (Å²) in [6, 6.07) is 8.72. The van der Waals surface area contributed by atoms with Crippen molar-refractivity contribution in [3.8, 4) is 6.07 Å². The Morgan fingerprint density at radius 3 is 3.06 bits per heavy atom. The molecule has 0 heterocycles. The molecule has 0 spiro atoms. The number of nitrogens with one attached hydrogen (secondary N) is 1. The van der Waals surface area contributed by atoms with Gasteiger partial charge in [-0.1, -0.05) is 22.0 Å². The van der Waals surface area contributed by atoms with E-state index in [1.165, 1.54) is 0 Å². The number of nitrogens with zero attached hydrogens (tertiary/aromatic N) is 1. The van der Waals surface area contributed by atoms with Crippen molar-refractivity contribution in [2.75, 3.05) is 12.4 Å². The minimum absolute atomic E-state index is 0.124. The fourth-order valence-electron chi connectivity index (χ4n) is 2.47. The molecule has 3 nitrogen and oxygen atoms in total. The van der Waals surface area contributed by atoms with Gasteiger partial charge < -0.3 is 10.1 Å². The predicted octanol–water partition coefficient (Wildman–Crippen LogP) is 3.70. The number of benzene rings is 1. The first-order valence-electron chi connectivity index (χ1n) is 6.18. The Morgan fingerprint density at radius 1 is 1.50 bits per heavy atom. The molecule has 0 bridgehead atoms. The summed E-state index contributed by atoms with van der Waals surface area (Å²) in [7, 11) is 1.69. The predicted molar refractivity (Wildman–Crippen MR) is 75.2 cm³/mol. The van der Waals surface area contributed by atoms with E-state index in [0.29, 0.717) is 6.61 Å². The van der Waals surface area contributed by atoms with Gasteiger partial charge in [0.05, 0.1) is 18.6 Å². The molecule has 96 valence electrons. The van der Waals surface area contributed by atoms with Crippen LogP contribution in [0.15, 0.2) is 22.7 Å². The number of halogens is 1. The fourth-order valence-corrected chi connectivity index (χ4v) is 2.95. The van der Waals surface area contributed by atoms with E-state index in [1.54, 1.807) is 7.11 Å². The van der Waals surface area contributed by atoms with E-state index in [4.69, 9.17) is 10.00 Å². The smallest absolute Gasteiger partial charge is 0.0744 e. The molecular formula is C14H17BrN2O. The summed E-state index contributed by atoms with van der Waals surface area (Å²) >= 11 is 3.54. The van der Waals surface area contributed by atoms with Crippen molar-refractivity contribution in [3.05, 3.63) is 28.2 Å². The maximum Gasteiger partial charge on any atom is 0.0744 e. The van der Waals surface area contributed by atoms with Crippen LogP contribution in [0.2, 0.25) is 0 Å². The summed E-state index contributed by atoms with van der Waals surface area (Å²) in [5.74, 6) is 0.124. The molecule has 2 rings (SSSR count). The molecule has 0 aliphatic heterocycles. The molecule has 18 heavy (non-hydrogen) atoms. The topological polar surface area (TPSA) is 45.0 Å². The second-order valence-electron chi connectivity index (χ2n) is 4.62. The average molecular weight is 309 g/mol. The minimum atomic E-state index is 0.124. The number of hydrogen-bond donors (Lipinski definition) is 1. The second-order valence-corrected chi connectivity index (χ2v) is 5.47. The maximum atomic E-state index is 9.12. The standard InChI is InChI=1S/C14H17BrN2O/c1-18-9-11-12(15)5-3-7-14(11)17-13-6-2-4-10(13)8-16/h3,5,7,10,13,17H,2,4,6,9H2,1H3. The molecule has 2 unspecified atom stereocenters. The zero-order valence-electron chi connectivity index (χ0n) is 10.4. The fraction of sp³-hybridized carbons (Fsp3) is 0.500. The van der Waals surface area contributed by atoms with E-state index in [-0.39, 0.29) is 12.0 Å². The first-order chi connectivity index (χ1) is 8.76. The van der Waals surface area contributed by atoms with Crippen LogP contribution in [-0.4, -0.2) is 13.2 Å². The van der Waals surface area contributed by atoms with E-state index in [2.05, 4.69) is 27.3 Å². The Balaban J connectivity index is 2.18. The highest BCUT2D eigenvalue weighted by Crippen LogP contribution is 2.31. The number of methoxy groups -OCH3 is 1. The normalized spacial score (nSPS) is 22.7. The van der Waals surface area contributed by atoms with Crippen LogP contribution in [0.5, 0.6) is 0 Å². The van der Waals surface area contributed by atoms with Crippen molar-refractivity contribution in [2.24, 2.45) is 5.92 Å². The van der Waals surface area contributed by atoms with E-state index in [0.717, 1.165) is 35.0 Å². The van der Waals surface area contributed by atoms with Crippen LogP contribution in [0.1, 0.15) is 24.8 Å². The zero-order valence-corrected chi connectivity index (χ0v) is 12.0. The highest BCUT2D eigenvalue weighted by atomic mass is 79.9. The summed E-state index contributed by atoms with van der Waals surface area (Å²) in [4.78, 5) is 0. The average Bonchev–Trinajstić information content (AvgIpc) is 2.81. The van der Waals surface area contributed by atoms with E-state index in [9.17, 15) is 0 Å². The van der Waals surface area contributed by atoms with Crippen molar-refractivity contribution in [2.45, 2.75) is 31.9 Å². The molecule has 0 radical (unpaired) electrons. The lowest BCUT2D eigenvalue weighted by Crippen LogP contribution is -2.23. The van der Waals surface area contributed by atoms with Crippen molar-refractivity contribution in [1.82, 2.24) is 0 Å². The third-order valence-corrected chi connectivity index (χ3v) is 4.17. The third-order valence-electron chi connectivity index (χ3n) is 3.43. The van der Waals surface area contributed by atoms with Gasteiger partial charge in [0.15, 0.2) is 0 Å². The summed E-state index contributed by atoms with van der Waals surface area (Å²) in [5, 5.41) is 12.6. The van der Waals surface area contributed by atoms with Crippen LogP contribution in [0.25, 0.3) is 0 Å². The number of rotatable bonds is 4. The van der Waals surface area contributed by atoms with Crippen molar-refractivity contribution >= 4 is 21.6 Å². The molecule has 1 saturated carbocycles. The van der Waals surface area contributed by atoms with E-state index < -0.39 is 0 Å². The molecule has 1 fully saturated rings. The highest BCUT2D eigenvalue weighted by Gasteiger charge is 2.27. The highest BCUT2D eigenvalue weighted by molar-refractivity contribution is 9.10. The van der Waals surface area contributed by atoms with Crippen LogP contribution in [0.4, 0.5) is 5.69 Å². The largest absolute Gasteiger partial charge is 0.381 e. The van der Waals surface area contributed by atoms with Gasteiger partial charge in [-0.25, -0.2) is 0 Å². The molecule has 1 N–H and O–H groups in total. The molecular weight excluding hydrogens is 292 g/mol. The number of ether oxygens (including phenoxy) is 1. The van der Waals surface area contributed by atoms with Crippen LogP contribution in [0.3, 0.4) is 0 Å². The molecule has 0 saturated heterocycles. The van der Waals surface area contributed by atoms with Gasteiger partial charge in [0, 0.05) is 28.9 Å². The van der Waals surface area contributed by atoms with Gasteiger partial charge in [-0.2, -0.15) is 5.26 Å². The summed E-state index contributed by atoms with van der Waals surface area (Å²) in [5.41, 5.74) is 2.18. The maximum absolute atomic E-state index is 9.12. The monoisotopic (exact) mass is 308 g/mol. The van der Waals surface area contributed by atoms with Gasteiger partial charge in [0.1, 0.15) is 0 Å². The van der Waals surface area contributed by atoms with Gasteiger partial charge in [0.2, 0.25) is 0 Å². The number of anilines is 1. The minimum Gasteiger partial charge on any atom is -0.381 e. The van der Waals surface area contributed by atoms with Gasteiger partial charge in [-0.3, -0.25) is 0 Å². The molecule has 0 aromatic heterocycles. The Kier molecular flexibility index (Phi) is 4.62. The van der Waals surface area contributed by atoms with Crippen LogP contribution in [-0.2, 0) is 11.3 Å². The Morgan fingerprint density at radius 2 is 2.33 bits per heavy atom. The van der Waals surface area contributed by atoms with Crippen molar-refractivity contribution in [1.29, 1.82) is 5.26 Å². The van der Waals surface area contributed by atoms with Gasteiger partial charge in [-0.05, 0) is 31.4 Å². The first-order valence-corrected chi connectivity index (χ1v) is 6.98. The number of nitriles is 1. The first kappa shape index (κ1) is 13.4. The SMILES string of the molecule is COCc1c(Br)cccc1NC1CCCC1C#N. The molecule has 1 aromatic carbocycles. The molecule has 1 aliphatic carbocycles. The summed E-state index contributed by atoms with van der Waals surface area (Å²) in [6.07, 6.45) is 3.20. The lowest BCUT2D eigenvalue weighted by atomic mass is 10.0. The molecule has 2 atom stereocenters. The molecule has 1 aliphatic rings. The van der Waals surface area contributed by atoms with Crippen LogP contribution in [0, 0.1) is 17.2 Å². The molecule has 0 amide bonds. The number of hydrogen-bond acceptors (Lipinski definition) is 3. The Hall–Kier alpha value is -1.05. The Labute approximate surface area is 116 Å². The Bertz CT molecular complexity index is 456. The van der Waals surface area contributed by atoms with Crippen molar-refractivity contribution < 1.29 is 4.74 Å². The molecule has 4 heteroatoms. The third kappa shape index (κ3) is 2.85. The van der Waals surface area contributed by atoms with Gasteiger partial charge >= 0.3 is 0 Å². The lowest BCUT2D eigenvalue weighted by Gasteiger charge is -2.20. The summed E-state index contributed by atoms with van der Waals surface area (Å²) < 4.78 is 6.27. The van der Waals surface area contributed by atoms with E-state index in [1.807, 2.05) is 18.2 Å². The lowest BCUT2D eigenvalue weighted by molar-refractivity contribution is 0.185. The summed E-state index contributed by atoms with van der Waals surface area (Å²) in [6.45, 7) is 0.563. The zero-order chi connectivity index (χ0) is 13.0. The van der Waals surface area contributed by atoms with Crippen molar-refractivity contribution in [3.63, 3.8) is 0 Å². The van der Waals surface area contributed by atoms with Crippen LogP contribution >= 0.6 is 15.9 Å². The quantitative estimate of drug-likeness (QED) is 0.922. The van der Waals surface area contributed by atoms with E-state index >= 15 is 0 Å². The second kappa shape index (κ2) is 6.21. The molecule has 1 aromatic rings. The van der Waals surface area contributed by atoms with Crippen LogP contribution < -0.4 is 5.32 Å².